The Labute approximate surface area is 117 Å². The van der Waals surface area contributed by atoms with Crippen LogP contribution in [0.3, 0.4) is 0 Å². The summed E-state index contributed by atoms with van der Waals surface area (Å²) in [5.74, 6) is -0.0557. The molecule has 0 aliphatic carbocycles. The highest BCUT2D eigenvalue weighted by molar-refractivity contribution is 6.30. The highest BCUT2D eigenvalue weighted by Gasteiger charge is 2.23. The van der Waals surface area contributed by atoms with E-state index < -0.39 is 6.04 Å². The summed E-state index contributed by atoms with van der Waals surface area (Å²) < 4.78 is 0. The lowest BCUT2D eigenvalue weighted by molar-refractivity contribution is 0.105. The third-order valence-corrected chi connectivity index (χ3v) is 3.28. The van der Waals surface area contributed by atoms with E-state index in [1.165, 1.54) is 0 Å². The number of anilines is 1. The van der Waals surface area contributed by atoms with Gasteiger partial charge in [-0.1, -0.05) is 48.5 Å². The number of allylic oxidation sites excluding steroid dienone is 1. The van der Waals surface area contributed by atoms with Crippen molar-refractivity contribution in [3.63, 3.8) is 0 Å². The van der Waals surface area contributed by atoms with Crippen molar-refractivity contribution in [1.29, 1.82) is 5.26 Å². The third kappa shape index (κ3) is 2.08. The fraction of sp³-hybridized carbons (Fsp3) is 0.0588. The first-order valence-electron chi connectivity index (χ1n) is 6.37. The van der Waals surface area contributed by atoms with Gasteiger partial charge in [-0.05, 0) is 12.1 Å². The molecule has 2 aromatic rings. The Kier molecular flexibility index (Phi) is 3.06. The van der Waals surface area contributed by atoms with Crippen LogP contribution in [0.2, 0.25) is 0 Å². The van der Waals surface area contributed by atoms with Crippen LogP contribution >= 0.6 is 0 Å². The molecule has 0 radical (unpaired) electrons. The van der Waals surface area contributed by atoms with Gasteiger partial charge in [0.15, 0.2) is 5.78 Å². The van der Waals surface area contributed by atoms with Crippen LogP contribution in [0.5, 0.6) is 0 Å². The number of rotatable bonds is 2. The Morgan fingerprint density at radius 3 is 2.50 bits per heavy atom. The third-order valence-electron chi connectivity index (χ3n) is 3.28. The number of carbonyl (C=O) groups is 1. The van der Waals surface area contributed by atoms with Crippen LogP contribution < -0.4 is 5.32 Å². The number of benzene rings is 2. The van der Waals surface area contributed by atoms with Crippen molar-refractivity contribution in [2.75, 3.05) is 5.32 Å². The Morgan fingerprint density at radius 1 is 1.05 bits per heavy atom. The molecule has 0 saturated carbocycles. The summed E-state index contributed by atoms with van der Waals surface area (Å²) in [5.41, 5.74) is 2.87. The number of para-hydroxylation sites is 1. The Balaban J connectivity index is 2.09. The second-order valence-electron chi connectivity index (χ2n) is 4.57. The summed E-state index contributed by atoms with van der Waals surface area (Å²) in [7, 11) is 0. The van der Waals surface area contributed by atoms with Gasteiger partial charge in [0, 0.05) is 22.4 Å². The number of Topliss-reactive ketones (excluding diaryl/α,β-unsaturated/α-hetero) is 1. The van der Waals surface area contributed by atoms with Crippen molar-refractivity contribution in [2.45, 2.75) is 6.04 Å². The first kappa shape index (κ1) is 12.2. The van der Waals surface area contributed by atoms with Gasteiger partial charge in [0.2, 0.25) is 0 Å². The molecule has 2 aromatic carbocycles. The molecule has 1 unspecified atom stereocenters. The molecule has 0 spiro atoms. The quantitative estimate of drug-likeness (QED) is 0.843. The van der Waals surface area contributed by atoms with Crippen molar-refractivity contribution >= 4 is 17.0 Å². The van der Waals surface area contributed by atoms with Crippen molar-refractivity contribution in [2.24, 2.45) is 0 Å². The molecule has 1 aliphatic heterocycles. The molecule has 3 heteroatoms. The zero-order valence-corrected chi connectivity index (χ0v) is 10.7. The highest BCUT2D eigenvalue weighted by atomic mass is 16.1. The summed E-state index contributed by atoms with van der Waals surface area (Å²) in [6.07, 6.45) is 1.69. The van der Waals surface area contributed by atoms with Crippen LogP contribution in [0, 0.1) is 11.3 Å². The maximum absolute atomic E-state index is 12.6. The zero-order chi connectivity index (χ0) is 13.9. The van der Waals surface area contributed by atoms with Crippen molar-refractivity contribution in [1.82, 2.24) is 0 Å². The summed E-state index contributed by atoms with van der Waals surface area (Å²) in [6.45, 7) is 0. The van der Waals surface area contributed by atoms with Crippen LogP contribution in [-0.2, 0) is 0 Å². The van der Waals surface area contributed by atoms with E-state index in [0.29, 0.717) is 11.1 Å². The van der Waals surface area contributed by atoms with Gasteiger partial charge < -0.3 is 5.32 Å². The molecular weight excluding hydrogens is 248 g/mol. The van der Waals surface area contributed by atoms with Gasteiger partial charge in [-0.15, -0.1) is 0 Å². The van der Waals surface area contributed by atoms with E-state index in [4.69, 9.17) is 5.26 Å². The average molecular weight is 260 g/mol. The van der Waals surface area contributed by atoms with E-state index in [1.807, 2.05) is 42.5 Å². The molecule has 3 rings (SSSR count). The van der Waals surface area contributed by atoms with Crippen LogP contribution in [0.15, 0.2) is 60.7 Å². The maximum Gasteiger partial charge on any atom is 0.193 e. The number of nitriles is 1. The largest absolute Gasteiger partial charge is 0.366 e. The topological polar surface area (TPSA) is 52.9 Å². The van der Waals surface area contributed by atoms with Gasteiger partial charge >= 0.3 is 0 Å². The lowest BCUT2D eigenvalue weighted by Crippen LogP contribution is -2.22. The smallest absolute Gasteiger partial charge is 0.193 e. The van der Waals surface area contributed by atoms with E-state index >= 15 is 0 Å². The molecule has 1 heterocycles. The maximum atomic E-state index is 12.6. The van der Waals surface area contributed by atoms with E-state index in [0.717, 1.165) is 11.3 Å². The van der Waals surface area contributed by atoms with E-state index in [2.05, 4.69) is 11.4 Å². The van der Waals surface area contributed by atoms with Gasteiger partial charge in [0.05, 0.1) is 6.07 Å². The van der Waals surface area contributed by atoms with Crippen LogP contribution in [0.25, 0.3) is 5.57 Å². The number of nitrogens with zero attached hydrogens (tertiary/aromatic N) is 1. The fourth-order valence-corrected chi connectivity index (χ4v) is 2.32. The summed E-state index contributed by atoms with van der Waals surface area (Å²) in [4.78, 5) is 12.6. The van der Waals surface area contributed by atoms with E-state index in [1.54, 1.807) is 18.2 Å². The molecule has 0 fully saturated rings. The fourth-order valence-electron chi connectivity index (χ4n) is 2.32. The van der Waals surface area contributed by atoms with Crippen molar-refractivity contribution in [3.8, 4) is 6.07 Å². The monoisotopic (exact) mass is 260 g/mol. The van der Waals surface area contributed by atoms with E-state index in [-0.39, 0.29) is 5.78 Å². The second kappa shape index (κ2) is 5.02. The molecule has 20 heavy (non-hydrogen) atoms. The molecule has 1 atom stereocenters. The minimum Gasteiger partial charge on any atom is -0.366 e. The van der Waals surface area contributed by atoms with E-state index in [9.17, 15) is 4.79 Å². The molecule has 1 N–H and O–H groups in total. The molecule has 3 nitrogen and oxygen atoms in total. The Morgan fingerprint density at radius 2 is 1.75 bits per heavy atom. The second-order valence-corrected chi connectivity index (χ2v) is 4.57. The molecular formula is C17H12N2O. The zero-order valence-electron chi connectivity index (χ0n) is 10.7. The minimum absolute atomic E-state index is 0.0557. The molecule has 0 saturated heterocycles. The molecule has 0 amide bonds. The molecule has 1 aliphatic rings. The lowest BCUT2D eigenvalue weighted by atomic mass is 9.91. The first-order valence-corrected chi connectivity index (χ1v) is 6.37. The number of nitrogens with one attached hydrogen (secondary N) is 1. The lowest BCUT2D eigenvalue weighted by Gasteiger charge is -2.21. The van der Waals surface area contributed by atoms with Crippen LogP contribution in [0.1, 0.15) is 15.9 Å². The first-order chi connectivity index (χ1) is 9.79. The van der Waals surface area contributed by atoms with Gasteiger partial charge in [-0.3, -0.25) is 4.79 Å². The predicted molar refractivity (Wildman–Crippen MR) is 78.2 cm³/mol. The SMILES string of the molecule is N#CC1C=C(C(=O)c2ccccc2)c2ccccc2N1. The minimum atomic E-state index is -0.479. The Hall–Kier alpha value is -2.86. The Bertz CT molecular complexity index is 726. The molecule has 0 bridgehead atoms. The average Bonchev–Trinajstić information content (AvgIpc) is 2.54. The van der Waals surface area contributed by atoms with Crippen molar-refractivity contribution in [3.05, 3.63) is 71.8 Å². The van der Waals surface area contributed by atoms with Gasteiger partial charge in [0.1, 0.15) is 6.04 Å². The van der Waals surface area contributed by atoms with Crippen LogP contribution in [-0.4, -0.2) is 11.8 Å². The number of hydrogen-bond donors (Lipinski definition) is 1. The number of hydrogen-bond acceptors (Lipinski definition) is 3. The number of ketones is 1. The van der Waals surface area contributed by atoms with Gasteiger partial charge in [-0.25, -0.2) is 0 Å². The summed E-state index contributed by atoms with van der Waals surface area (Å²) >= 11 is 0. The standard InChI is InChI=1S/C17H12N2O/c18-11-13-10-15(14-8-4-5-9-16(14)19-13)17(20)12-6-2-1-3-7-12/h1-10,13,19H. The number of fused-ring (bicyclic) bond motifs is 1. The molecule has 96 valence electrons. The normalized spacial score (nSPS) is 16.4. The molecule has 0 aromatic heterocycles. The number of carbonyl (C=O) groups excluding carboxylic acids is 1. The van der Waals surface area contributed by atoms with Crippen molar-refractivity contribution < 1.29 is 4.79 Å². The van der Waals surface area contributed by atoms with Gasteiger partial charge in [-0.2, -0.15) is 5.26 Å². The van der Waals surface area contributed by atoms with Gasteiger partial charge in [0.25, 0.3) is 0 Å². The summed E-state index contributed by atoms with van der Waals surface area (Å²) in [5, 5.41) is 12.2. The highest BCUT2D eigenvalue weighted by Crippen LogP contribution is 2.31. The summed E-state index contributed by atoms with van der Waals surface area (Å²) in [6, 6.07) is 18.3. The van der Waals surface area contributed by atoms with Crippen LogP contribution in [0.4, 0.5) is 5.69 Å². The predicted octanol–water partition coefficient (Wildman–Crippen LogP) is 3.27.